The van der Waals surface area contributed by atoms with Gasteiger partial charge in [0.25, 0.3) is 5.91 Å². The summed E-state index contributed by atoms with van der Waals surface area (Å²) in [4.78, 5) is 21.8. The molecule has 5 nitrogen and oxygen atoms in total. The molecule has 0 fully saturated rings. The van der Waals surface area contributed by atoms with Gasteiger partial charge in [-0.05, 0) is 6.07 Å². The van der Waals surface area contributed by atoms with Gasteiger partial charge in [0.2, 0.25) is 0 Å². The van der Waals surface area contributed by atoms with E-state index in [0.717, 1.165) is 11.3 Å². The molecule has 0 aliphatic rings. The number of carbonyl (C=O) groups excluding carboxylic acids is 1. The number of amides is 1. The predicted octanol–water partition coefficient (Wildman–Crippen LogP) is 2.17. The summed E-state index contributed by atoms with van der Waals surface area (Å²) in [6.45, 7) is 2.39. The maximum atomic E-state index is 11.4. The molecule has 1 aromatic heterocycles. The number of nitrogens with one attached hydrogen (secondary N) is 1. The number of thiophene rings is 1. The highest BCUT2D eigenvalue weighted by molar-refractivity contribution is 9.09. The van der Waals surface area contributed by atoms with Gasteiger partial charge < -0.3 is 5.32 Å². The SMILES string of the molecule is CC(Br)CNC(=O)c1ccc([N+](=O)[O-])s1. The monoisotopic (exact) mass is 292 g/mol. The van der Waals surface area contributed by atoms with Gasteiger partial charge in [-0.15, -0.1) is 0 Å². The lowest BCUT2D eigenvalue weighted by Gasteiger charge is -2.03. The van der Waals surface area contributed by atoms with Crippen LogP contribution in [0.25, 0.3) is 0 Å². The number of nitro groups is 1. The summed E-state index contributed by atoms with van der Waals surface area (Å²) in [6.07, 6.45) is 0. The Labute approximate surface area is 98.8 Å². The molecule has 0 saturated heterocycles. The van der Waals surface area contributed by atoms with Gasteiger partial charge in [-0.3, -0.25) is 14.9 Å². The zero-order valence-electron chi connectivity index (χ0n) is 7.90. The van der Waals surface area contributed by atoms with Crippen molar-refractivity contribution in [3.63, 3.8) is 0 Å². The van der Waals surface area contributed by atoms with Gasteiger partial charge in [0.1, 0.15) is 0 Å². The predicted molar refractivity (Wildman–Crippen MR) is 61.7 cm³/mol. The molecule has 1 rings (SSSR count). The van der Waals surface area contributed by atoms with Crippen LogP contribution < -0.4 is 5.32 Å². The summed E-state index contributed by atoms with van der Waals surface area (Å²) in [6, 6.07) is 2.79. The molecule has 0 aliphatic carbocycles. The van der Waals surface area contributed by atoms with Crippen molar-refractivity contribution in [1.82, 2.24) is 5.32 Å². The molecule has 1 aromatic rings. The number of nitrogens with zero attached hydrogens (tertiary/aromatic N) is 1. The Morgan fingerprint density at radius 1 is 1.73 bits per heavy atom. The second-order valence-electron chi connectivity index (χ2n) is 2.89. The molecule has 0 bridgehead atoms. The number of halogens is 1. The largest absolute Gasteiger partial charge is 0.350 e. The van der Waals surface area contributed by atoms with Crippen molar-refractivity contribution in [2.75, 3.05) is 6.54 Å². The summed E-state index contributed by atoms with van der Waals surface area (Å²) in [7, 11) is 0. The minimum Gasteiger partial charge on any atom is -0.350 e. The molecule has 1 unspecified atom stereocenters. The third kappa shape index (κ3) is 3.60. The van der Waals surface area contributed by atoms with Crippen LogP contribution in [0, 0.1) is 10.1 Å². The summed E-state index contributed by atoms with van der Waals surface area (Å²) < 4.78 is 0. The average molecular weight is 293 g/mol. The van der Waals surface area contributed by atoms with E-state index in [9.17, 15) is 14.9 Å². The Hall–Kier alpha value is -0.950. The van der Waals surface area contributed by atoms with Crippen molar-refractivity contribution in [2.45, 2.75) is 11.8 Å². The fourth-order valence-electron chi connectivity index (χ4n) is 0.868. The van der Waals surface area contributed by atoms with Crippen molar-refractivity contribution in [2.24, 2.45) is 0 Å². The average Bonchev–Trinajstić information content (AvgIpc) is 2.62. The van der Waals surface area contributed by atoms with E-state index in [4.69, 9.17) is 0 Å². The molecule has 7 heteroatoms. The molecule has 0 radical (unpaired) electrons. The van der Waals surface area contributed by atoms with E-state index in [1.807, 2.05) is 6.92 Å². The Balaban J connectivity index is 2.62. The maximum absolute atomic E-state index is 11.4. The van der Waals surface area contributed by atoms with Gasteiger partial charge in [-0.25, -0.2) is 0 Å². The molecule has 1 N–H and O–H groups in total. The molecule has 0 aromatic carbocycles. The van der Waals surface area contributed by atoms with Crippen LogP contribution in [0.4, 0.5) is 5.00 Å². The van der Waals surface area contributed by atoms with Crippen LogP contribution in [-0.2, 0) is 0 Å². The molecule has 82 valence electrons. The first-order valence-electron chi connectivity index (χ1n) is 4.17. The normalized spacial score (nSPS) is 12.1. The molecular formula is C8H9BrN2O3S. The van der Waals surface area contributed by atoms with Crippen LogP contribution in [-0.4, -0.2) is 22.2 Å². The number of carbonyl (C=O) groups is 1. The fourth-order valence-corrected chi connectivity index (χ4v) is 1.77. The minimum atomic E-state index is -0.505. The van der Waals surface area contributed by atoms with E-state index < -0.39 is 4.92 Å². The first-order valence-corrected chi connectivity index (χ1v) is 5.90. The van der Waals surface area contributed by atoms with Crippen LogP contribution in [0.15, 0.2) is 12.1 Å². The quantitative estimate of drug-likeness (QED) is 0.525. The molecule has 0 aliphatic heterocycles. The minimum absolute atomic E-state index is 0.0213. The molecule has 1 amide bonds. The zero-order valence-corrected chi connectivity index (χ0v) is 10.3. The molecule has 0 spiro atoms. The molecule has 1 atom stereocenters. The molecular weight excluding hydrogens is 284 g/mol. The van der Waals surface area contributed by atoms with Gasteiger partial charge in [0, 0.05) is 17.4 Å². The van der Waals surface area contributed by atoms with E-state index in [2.05, 4.69) is 21.2 Å². The number of alkyl halides is 1. The van der Waals surface area contributed by atoms with Crippen molar-refractivity contribution < 1.29 is 9.72 Å². The van der Waals surface area contributed by atoms with Crippen molar-refractivity contribution in [1.29, 1.82) is 0 Å². The highest BCUT2D eigenvalue weighted by Gasteiger charge is 2.14. The lowest BCUT2D eigenvalue weighted by molar-refractivity contribution is -0.380. The van der Waals surface area contributed by atoms with Gasteiger partial charge in [-0.1, -0.05) is 34.2 Å². The van der Waals surface area contributed by atoms with E-state index in [1.165, 1.54) is 12.1 Å². The Morgan fingerprint density at radius 2 is 2.40 bits per heavy atom. The fraction of sp³-hybridized carbons (Fsp3) is 0.375. The lowest BCUT2D eigenvalue weighted by atomic mass is 10.4. The zero-order chi connectivity index (χ0) is 11.4. The standard InChI is InChI=1S/C8H9BrN2O3S/c1-5(9)4-10-8(12)6-2-3-7(15-6)11(13)14/h2-3,5H,4H2,1H3,(H,10,12). The van der Waals surface area contributed by atoms with Crippen molar-refractivity contribution in [3.05, 3.63) is 27.1 Å². The first kappa shape index (κ1) is 12.1. The highest BCUT2D eigenvalue weighted by atomic mass is 79.9. The third-order valence-electron chi connectivity index (χ3n) is 1.54. The molecule has 1 heterocycles. The Morgan fingerprint density at radius 3 is 2.87 bits per heavy atom. The van der Waals surface area contributed by atoms with E-state index >= 15 is 0 Å². The second kappa shape index (κ2) is 5.22. The van der Waals surface area contributed by atoms with Crippen LogP contribution in [0.2, 0.25) is 0 Å². The summed E-state index contributed by atoms with van der Waals surface area (Å²) in [5.74, 6) is -0.278. The van der Waals surface area contributed by atoms with Gasteiger partial charge in [-0.2, -0.15) is 0 Å². The highest BCUT2D eigenvalue weighted by Crippen LogP contribution is 2.23. The number of hydrogen-bond acceptors (Lipinski definition) is 4. The van der Waals surface area contributed by atoms with Crippen molar-refractivity contribution >= 4 is 38.2 Å². The molecule has 0 saturated carbocycles. The summed E-state index contributed by atoms with van der Waals surface area (Å²) in [5.41, 5.74) is 0. The van der Waals surface area contributed by atoms with E-state index in [0.29, 0.717) is 11.4 Å². The number of rotatable bonds is 4. The smallest absolute Gasteiger partial charge is 0.324 e. The first-order chi connectivity index (χ1) is 7.00. The van der Waals surface area contributed by atoms with Gasteiger partial charge in [0.15, 0.2) is 0 Å². The van der Waals surface area contributed by atoms with Crippen LogP contribution in [0.1, 0.15) is 16.6 Å². The van der Waals surface area contributed by atoms with E-state index in [-0.39, 0.29) is 15.7 Å². The topological polar surface area (TPSA) is 72.2 Å². The number of hydrogen-bond donors (Lipinski definition) is 1. The van der Waals surface area contributed by atoms with E-state index in [1.54, 1.807) is 0 Å². The van der Waals surface area contributed by atoms with Crippen molar-refractivity contribution in [3.8, 4) is 0 Å². The second-order valence-corrected chi connectivity index (χ2v) is 5.51. The van der Waals surface area contributed by atoms with Crippen LogP contribution >= 0.6 is 27.3 Å². The van der Waals surface area contributed by atoms with Crippen LogP contribution in [0.3, 0.4) is 0 Å². The maximum Gasteiger partial charge on any atom is 0.324 e. The Bertz CT molecular complexity index is 378. The summed E-state index contributed by atoms with van der Waals surface area (Å²) >= 11 is 4.16. The summed E-state index contributed by atoms with van der Waals surface area (Å²) in [5, 5.41) is 13.0. The van der Waals surface area contributed by atoms with Gasteiger partial charge >= 0.3 is 5.00 Å². The van der Waals surface area contributed by atoms with Gasteiger partial charge in [0.05, 0.1) is 9.80 Å². The third-order valence-corrected chi connectivity index (χ3v) is 2.90. The van der Waals surface area contributed by atoms with Crippen LogP contribution in [0.5, 0.6) is 0 Å². The lowest BCUT2D eigenvalue weighted by Crippen LogP contribution is -2.27. The molecule has 15 heavy (non-hydrogen) atoms. The Kier molecular flexibility index (Phi) is 4.22.